The first-order chi connectivity index (χ1) is 9.52. The van der Waals surface area contributed by atoms with Crippen LogP contribution in [0.25, 0.3) is 0 Å². The van der Waals surface area contributed by atoms with Crippen LogP contribution in [0.15, 0.2) is 40.9 Å². The average molecular weight is 485 g/mol. The first-order valence-electron chi connectivity index (χ1n) is 6.16. The number of benzene rings is 2. The van der Waals surface area contributed by atoms with Gasteiger partial charge in [-0.05, 0) is 70.6 Å². The lowest BCUT2D eigenvalue weighted by molar-refractivity contribution is 0.628. The topological polar surface area (TPSA) is 12.0 Å². The average Bonchev–Trinajstić information content (AvgIpc) is 2.40. The molecule has 0 aliphatic carbocycles. The van der Waals surface area contributed by atoms with Crippen molar-refractivity contribution in [2.24, 2.45) is 0 Å². The molecule has 0 aliphatic rings. The van der Waals surface area contributed by atoms with E-state index in [2.05, 4.69) is 62.9 Å². The zero-order valence-electron chi connectivity index (χ0n) is 10.8. The summed E-state index contributed by atoms with van der Waals surface area (Å²) in [7, 11) is 0. The Bertz CT molecular complexity index is 619. The minimum Gasteiger partial charge on any atom is -0.306 e. The van der Waals surface area contributed by atoms with Crippen molar-refractivity contribution < 1.29 is 0 Å². The number of halogens is 4. The molecule has 1 atom stereocenters. The summed E-state index contributed by atoms with van der Waals surface area (Å²) in [5, 5.41) is 4.82. The Labute approximate surface area is 151 Å². The summed E-state index contributed by atoms with van der Waals surface area (Å²) in [5.74, 6) is 0. The highest BCUT2D eigenvalue weighted by atomic mass is 127. The first-order valence-corrected chi connectivity index (χ1v) is 8.79. The van der Waals surface area contributed by atoms with E-state index in [1.165, 1.54) is 9.13 Å². The van der Waals surface area contributed by atoms with Gasteiger partial charge in [-0.2, -0.15) is 0 Å². The van der Waals surface area contributed by atoms with E-state index in [0.29, 0.717) is 10.0 Å². The molecule has 0 aromatic heterocycles. The van der Waals surface area contributed by atoms with Crippen LogP contribution in [0.3, 0.4) is 0 Å². The Morgan fingerprint density at radius 2 is 1.90 bits per heavy atom. The van der Waals surface area contributed by atoms with Gasteiger partial charge in [-0.1, -0.05) is 52.1 Å². The molecule has 2 rings (SSSR count). The van der Waals surface area contributed by atoms with Crippen molar-refractivity contribution in [2.75, 3.05) is 6.54 Å². The lowest BCUT2D eigenvalue weighted by Gasteiger charge is -2.22. The zero-order chi connectivity index (χ0) is 14.7. The van der Waals surface area contributed by atoms with Gasteiger partial charge in [-0.25, -0.2) is 0 Å². The summed E-state index contributed by atoms with van der Waals surface area (Å²) in [4.78, 5) is 0. The predicted molar refractivity (Wildman–Crippen MR) is 98.8 cm³/mol. The van der Waals surface area contributed by atoms with Crippen molar-refractivity contribution in [2.45, 2.75) is 13.0 Å². The van der Waals surface area contributed by atoms with Crippen LogP contribution in [0.2, 0.25) is 10.0 Å². The molecule has 1 nitrogen and oxygen atoms in total. The van der Waals surface area contributed by atoms with E-state index >= 15 is 0 Å². The van der Waals surface area contributed by atoms with E-state index in [9.17, 15) is 0 Å². The smallest absolute Gasteiger partial charge is 0.0602 e. The first kappa shape index (κ1) is 16.6. The van der Waals surface area contributed by atoms with E-state index in [1.54, 1.807) is 6.07 Å². The summed E-state index contributed by atoms with van der Waals surface area (Å²) in [6.45, 7) is 2.94. The van der Waals surface area contributed by atoms with Crippen LogP contribution in [-0.2, 0) is 0 Å². The van der Waals surface area contributed by atoms with Gasteiger partial charge in [-0.15, -0.1) is 0 Å². The summed E-state index contributed by atoms with van der Waals surface area (Å²) >= 11 is 18.2. The Morgan fingerprint density at radius 3 is 2.55 bits per heavy atom. The van der Waals surface area contributed by atoms with E-state index in [4.69, 9.17) is 23.2 Å². The van der Waals surface area contributed by atoms with Gasteiger partial charge < -0.3 is 5.32 Å². The Hall–Kier alpha value is 0.190. The van der Waals surface area contributed by atoms with Crippen LogP contribution in [0.1, 0.15) is 24.1 Å². The SMILES string of the molecule is CCNC(c1ccc(Cl)cc1Cl)c1cc(Br)ccc1I. The van der Waals surface area contributed by atoms with Crippen molar-refractivity contribution in [1.29, 1.82) is 0 Å². The normalized spacial score (nSPS) is 12.4. The molecule has 1 unspecified atom stereocenters. The highest BCUT2D eigenvalue weighted by Crippen LogP contribution is 2.33. The largest absolute Gasteiger partial charge is 0.306 e. The van der Waals surface area contributed by atoms with E-state index < -0.39 is 0 Å². The summed E-state index contributed by atoms with van der Waals surface area (Å²) < 4.78 is 2.25. The maximum Gasteiger partial charge on any atom is 0.0602 e. The fraction of sp³-hybridized carbons (Fsp3) is 0.200. The third kappa shape index (κ3) is 3.89. The monoisotopic (exact) mass is 483 g/mol. The molecule has 0 amide bonds. The van der Waals surface area contributed by atoms with E-state index in [1.807, 2.05) is 18.2 Å². The Kier molecular flexibility index (Phi) is 6.17. The fourth-order valence-electron chi connectivity index (χ4n) is 2.06. The third-order valence-electron chi connectivity index (χ3n) is 2.95. The van der Waals surface area contributed by atoms with Crippen LogP contribution < -0.4 is 5.32 Å². The molecule has 2 aromatic carbocycles. The molecule has 0 saturated carbocycles. The minimum atomic E-state index is 0.0502. The molecule has 2 aromatic rings. The van der Waals surface area contributed by atoms with Crippen LogP contribution in [-0.4, -0.2) is 6.54 Å². The highest BCUT2D eigenvalue weighted by Gasteiger charge is 2.19. The van der Waals surface area contributed by atoms with Gasteiger partial charge in [-0.3, -0.25) is 0 Å². The molecule has 1 N–H and O–H groups in total. The maximum atomic E-state index is 6.36. The van der Waals surface area contributed by atoms with Crippen LogP contribution in [0.5, 0.6) is 0 Å². The molecule has 0 radical (unpaired) electrons. The molecule has 0 fully saturated rings. The number of hydrogen-bond acceptors (Lipinski definition) is 1. The van der Waals surface area contributed by atoms with Gasteiger partial charge in [0.05, 0.1) is 6.04 Å². The second-order valence-corrected chi connectivity index (χ2v) is 7.24. The van der Waals surface area contributed by atoms with Gasteiger partial charge in [0.15, 0.2) is 0 Å². The molecule has 20 heavy (non-hydrogen) atoms. The molecule has 5 heteroatoms. The lowest BCUT2D eigenvalue weighted by Crippen LogP contribution is -2.23. The lowest BCUT2D eigenvalue weighted by atomic mass is 9.98. The summed E-state index contributed by atoms with van der Waals surface area (Å²) in [6.07, 6.45) is 0. The Balaban J connectivity index is 2.53. The van der Waals surface area contributed by atoms with Crippen molar-refractivity contribution in [3.8, 4) is 0 Å². The number of hydrogen-bond donors (Lipinski definition) is 1. The molecule has 0 heterocycles. The van der Waals surface area contributed by atoms with Crippen molar-refractivity contribution >= 4 is 61.7 Å². The zero-order valence-corrected chi connectivity index (χ0v) is 16.0. The third-order valence-corrected chi connectivity index (χ3v) is 4.99. The van der Waals surface area contributed by atoms with E-state index in [0.717, 1.165) is 16.6 Å². The van der Waals surface area contributed by atoms with Crippen LogP contribution in [0.4, 0.5) is 0 Å². The summed E-state index contributed by atoms with van der Waals surface area (Å²) in [5.41, 5.74) is 2.24. The quantitative estimate of drug-likeness (QED) is 0.520. The molecule has 0 spiro atoms. The predicted octanol–water partition coefficient (Wildman–Crippen LogP) is 6.06. The minimum absolute atomic E-state index is 0.0502. The molecule has 0 bridgehead atoms. The molecular weight excluding hydrogens is 472 g/mol. The number of nitrogens with one attached hydrogen (secondary N) is 1. The van der Waals surface area contributed by atoms with Gasteiger partial charge in [0.1, 0.15) is 0 Å². The highest BCUT2D eigenvalue weighted by molar-refractivity contribution is 14.1. The van der Waals surface area contributed by atoms with Gasteiger partial charge in [0, 0.05) is 18.1 Å². The van der Waals surface area contributed by atoms with Gasteiger partial charge >= 0.3 is 0 Å². The second-order valence-electron chi connectivity index (χ2n) is 4.32. The second kappa shape index (κ2) is 7.45. The van der Waals surface area contributed by atoms with Crippen molar-refractivity contribution in [1.82, 2.24) is 5.32 Å². The maximum absolute atomic E-state index is 6.36. The number of rotatable bonds is 4. The van der Waals surface area contributed by atoms with Crippen LogP contribution >= 0.6 is 61.7 Å². The molecular formula is C15H13BrCl2IN. The van der Waals surface area contributed by atoms with Gasteiger partial charge in [0.2, 0.25) is 0 Å². The van der Waals surface area contributed by atoms with Gasteiger partial charge in [0.25, 0.3) is 0 Å². The molecule has 0 aliphatic heterocycles. The van der Waals surface area contributed by atoms with Crippen molar-refractivity contribution in [3.63, 3.8) is 0 Å². The fourth-order valence-corrected chi connectivity index (χ4v) is 3.61. The molecule has 0 saturated heterocycles. The summed E-state index contributed by atoms with van der Waals surface area (Å²) in [6, 6.07) is 11.9. The van der Waals surface area contributed by atoms with E-state index in [-0.39, 0.29) is 6.04 Å². The standard InChI is InChI=1S/C15H13BrCl2IN/c1-2-20-15(11-5-4-10(17)8-13(11)18)12-7-9(16)3-6-14(12)19/h3-8,15,20H,2H2,1H3. The van der Waals surface area contributed by atoms with Crippen LogP contribution in [0, 0.1) is 3.57 Å². The van der Waals surface area contributed by atoms with Crippen molar-refractivity contribution in [3.05, 3.63) is 65.6 Å². The Morgan fingerprint density at radius 1 is 1.15 bits per heavy atom. The molecule has 106 valence electrons.